The fourth-order valence-electron chi connectivity index (χ4n) is 2.45. The van der Waals surface area contributed by atoms with E-state index in [1.807, 2.05) is 23.6 Å². The zero-order valence-corrected chi connectivity index (χ0v) is 11.0. The molecule has 0 fully saturated rings. The van der Waals surface area contributed by atoms with Gasteiger partial charge >= 0.3 is 0 Å². The van der Waals surface area contributed by atoms with Crippen LogP contribution in [0.1, 0.15) is 0 Å². The number of thiophene rings is 1. The molecule has 0 unspecified atom stereocenters. The predicted octanol–water partition coefficient (Wildman–Crippen LogP) is 5.12. The Bertz CT molecular complexity index is 862. The molecule has 0 bridgehead atoms. The Balaban J connectivity index is 2.13. The lowest BCUT2D eigenvalue weighted by molar-refractivity contribution is 1.43. The molecule has 2 aromatic heterocycles. The van der Waals surface area contributed by atoms with E-state index in [0.717, 1.165) is 5.52 Å². The van der Waals surface area contributed by atoms with Gasteiger partial charge < -0.3 is 0 Å². The van der Waals surface area contributed by atoms with Crippen LogP contribution in [0.5, 0.6) is 0 Å². The summed E-state index contributed by atoms with van der Waals surface area (Å²) < 4.78 is 2.57. The molecule has 0 N–H and O–H groups in total. The molecule has 0 aliphatic rings. The molecule has 90 valence electrons. The van der Waals surface area contributed by atoms with E-state index in [-0.39, 0.29) is 0 Å². The minimum atomic E-state index is 1.11. The summed E-state index contributed by atoms with van der Waals surface area (Å²) in [6.45, 7) is 0. The third kappa shape index (κ3) is 1.65. The molecule has 0 radical (unpaired) electrons. The Morgan fingerprint density at radius 3 is 2.47 bits per heavy atom. The molecule has 0 saturated carbocycles. The Morgan fingerprint density at radius 1 is 0.789 bits per heavy atom. The molecule has 1 nitrogen and oxygen atoms in total. The molecule has 2 heterocycles. The SMILES string of the molecule is c1ccc(-c2ccnc3c2sc2ccccc23)cc1. The second kappa shape index (κ2) is 4.18. The highest BCUT2D eigenvalue weighted by atomic mass is 32.1. The van der Waals surface area contributed by atoms with Gasteiger partial charge in [-0.25, -0.2) is 0 Å². The number of aromatic nitrogens is 1. The minimum absolute atomic E-state index is 1.11. The number of hydrogen-bond acceptors (Lipinski definition) is 2. The van der Waals surface area contributed by atoms with E-state index in [1.54, 1.807) is 0 Å². The molecule has 0 spiro atoms. The monoisotopic (exact) mass is 261 g/mol. The maximum absolute atomic E-state index is 4.57. The first kappa shape index (κ1) is 10.7. The van der Waals surface area contributed by atoms with Gasteiger partial charge in [-0.1, -0.05) is 48.5 Å². The van der Waals surface area contributed by atoms with E-state index in [2.05, 4.69) is 59.6 Å². The topological polar surface area (TPSA) is 12.9 Å². The third-order valence-electron chi connectivity index (χ3n) is 3.34. The minimum Gasteiger partial charge on any atom is -0.255 e. The second-order valence-corrected chi connectivity index (χ2v) is 5.55. The van der Waals surface area contributed by atoms with Gasteiger partial charge in [0.1, 0.15) is 0 Å². The van der Waals surface area contributed by atoms with Crippen molar-refractivity contribution < 1.29 is 0 Å². The molecule has 2 heteroatoms. The molecule has 19 heavy (non-hydrogen) atoms. The van der Waals surface area contributed by atoms with Gasteiger partial charge in [-0.15, -0.1) is 11.3 Å². The molecule has 0 saturated heterocycles. The number of rotatable bonds is 1. The number of benzene rings is 2. The number of pyridine rings is 1. The van der Waals surface area contributed by atoms with Crippen LogP contribution in [0.2, 0.25) is 0 Å². The van der Waals surface area contributed by atoms with Crippen LogP contribution < -0.4 is 0 Å². The first-order chi connectivity index (χ1) is 9.43. The van der Waals surface area contributed by atoms with Crippen molar-refractivity contribution in [3.63, 3.8) is 0 Å². The molecule has 0 atom stereocenters. The average molecular weight is 261 g/mol. The van der Waals surface area contributed by atoms with Crippen molar-refractivity contribution in [1.82, 2.24) is 4.98 Å². The summed E-state index contributed by atoms with van der Waals surface area (Å²) in [5.41, 5.74) is 3.63. The average Bonchev–Trinajstić information content (AvgIpc) is 2.87. The summed E-state index contributed by atoms with van der Waals surface area (Å²) in [4.78, 5) is 4.57. The number of hydrogen-bond donors (Lipinski definition) is 0. The van der Waals surface area contributed by atoms with Crippen molar-refractivity contribution in [3.05, 3.63) is 66.9 Å². The summed E-state index contributed by atoms with van der Waals surface area (Å²) in [6.07, 6.45) is 1.91. The Hall–Kier alpha value is -2.19. The van der Waals surface area contributed by atoms with Gasteiger partial charge in [0.25, 0.3) is 0 Å². The van der Waals surface area contributed by atoms with Crippen LogP contribution in [-0.4, -0.2) is 4.98 Å². The Morgan fingerprint density at radius 2 is 1.58 bits per heavy atom. The normalized spacial score (nSPS) is 11.2. The maximum atomic E-state index is 4.57. The molecule has 0 aliphatic carbocycles. The van der Waals surface area contributed by atoms with Crippen molar-refractivity contribution in [2.24, 2.45) is 0 Å². The van der Waals surface area contributed by atoms with Crippen molar-refractivity contribution in [2.75, 3.05) is 0 Å². The maximum Gasteiger partial charge on any atom is 0.0894 e. The van der Waals surface area contributed by atoms with E-state index in [9.17, 15) is 0 Å². The molecular formula is C17H11NS. The first-order valence-electron chi connectivity index (χ1n) is 6.25. The van der Waals surface area contributed by atoms with Crippen LogP contribution in [0.15, 0.2) is 66.9 Å². The van der Waals surface area contributed by atoms with Gasteiger partial charge in [0.2, 0.25) is 0 Å². The van der Waals surface area contributed by atoms with Gasteiger partial charge in [-0.2, -0.15) is 0 Å². The van der Waals surface area contributed by atoms with E-state index < -0.39 is 0 Å². The van der Waals surface area contributed by atoms with Crippen molar-refractivity contribution in [3.8, 4) is 11.1 Å². The summed E-state index contributed by atoms with van der Waals surface area (Å²) in [7, 11) is 0. The summed E-state index contributed by atoms with van der Waals surface area (Å²) in [6, 6.07) is 21.1. The van der Waals surface area contributed by atoms with E-state index in [0.29, 0.717) is 0 Å². The summed E-state index contributed by atoms with van der Waals surface area (Å²) in [5.74, 6) is 0. The van der Waals surface area contributed by atoms with Crippen molar-refractivity contribution in [1.29, 1.82) is 0 Å². The van der Waals surface area contributed by atoms with Gasteiger partial charge in [0.05, 0.1) is 10.2 Å². The quantitative estimate of drug-likeness (QED) is 0.463. The van der Waals surface area contributed by atoms with E-state index >= 15 is 0 Å². The van der Waals surface area contributed by atoms with Crippen LogP contribution in [-0.2, 0) is 0 Å². The largest absolute Gasteiger partial charge is 0.255 e. The molecule has 0 amide bonds. The van der Waals surface area contributed by atoms with Crippen LogP contribution in [0.4, 0.5) is 0 Å². The summed E-state index contributed by atoms with van der Waals surface area (Å²) in [5, 5.41) is 1.25. The van der Waals surface area contributed by atoms with E-state index in [1.165, 1.54) is 25.9 Å². The predicted molar refractivity (Wildman–Crippen MR) is 82.6 cm³/mol. The smallest absolute Gasteiger partial charge is 0.0894 e. The van der Waals surface area contributed by atoms with Gasteiger partial charge in [-0.3, -0.25) is 4.98 Å². The first-order valence-corrected chi connectivity index (χ1v) is 7.07. The van der Waals surface area contributed by atoms with Crippen molar-refractivity contribution in [2.45, 2.75) is 0 Å². The molecule has 4 rings (SSSR count). The summed E-state index contributed by atoms with van der Waals surface area (Å²) >= 11 is 1.82. The van der Waals surface area contributed by atoms with Crippen molar-refractivity contribution >= 4 is 31.6 Å². The van der Waals surface area contributed by atoms with Gasteiger partial charge in [0.15, 0.2) is 0 Å². The molecule has 2 aromatic carbocycles. The van der Waals surface area contributed by atoms with Gasteiger partial charge in [0, 0.05) is 21.8 Å². The third-order valence-corrected chi connectivity index (χ3v) is 4.54. The van der Waals surface area contributed by atoms with Crippen LogP contribution in [0.3, 0.4) is 0 Å². The molecule has 4 aromatic rings. The van der Waals surface area contributed by atoms with Crippen LogP contribution >= 0.6 is 11.3 Å². The lowest BCUT2D eigenvalue weighted by Gasteiger charge is -2.02. The molecule has 0 aliphatic heterocycles. The van der Waals surface area contributed by atoms with Gasteiger partial charge in [-0.05, 0) is 17.7 Å². The Kier molecular flexibility index (Phi) is 2.35. The zero-order chi connectivity index (χ0) is 12.7. The fourth-order valence-corrected chi connectivity index (χ4v) is 3.65. The Labute approximate surface area is 115 Å². The van der Waals surface area contributed by atoms with Crippen LogP contribution in [0.25, 0.3) is 31.4 Å². The number of nitrogens with zero attached hydrogens (tertiary/aromatic N) is 1. The zero-order valence-electron chi connectivity index (χ0n) is 10.2. The second-order valence-electron chi connectivity index (χ2n) is 4.50. The fraction of sp³-hybridized carbons (Fsp3) is 0. The standard InChI is InChI=1S/C17H11NS/c1-2-6-12(7-3-1)13-10-11-18-16-14-8-4-5-9-15(14)19-17(13)16/h1-11H. The molecular weight excluding hydrogens is 250 g/mol. The van der Waals surface area contributed by atoms with Crippen LogP contribution in [0, 0.1) is 0 Å². The lowest BCUT2D eigenvalue weighted by Crippen LogP contribution is -1.79. The highest BCUT2D eigenvalue weighted by molar-refractivity contribution is 7.26. The number of fused-ring (bicyclic) bond motifs is 3. The van der Waals surface area contributed by atoms with E-state index in [4.69, 9.17) is 0 Å². The highest BCUT2D eigenvalue weighted by Crippen LogP contribution is 2.38. The highest BCUT2D eigenvalue weighted by Gasteiger charge is 2.10. The lowest BCUT2D eigenvalue weighted by atomic mass is 10.1.